The summed E-state index contributed by atoms with van der Waals surface area (Å²) in [6.07, 6.45) is 9.90. The van der Waals surface area contributed by atoms with Crippen molar-refractivity contribution < 1.29 is 29.1 Å². The first-order valence-corrected chi connectivity index (χ1v) is 13.2. The van der Waals surface area contributed by atoms with Crippen molar-refractivity contribution in [3.63, 3.8) is 0 Å². The number of rotatable bonds is 16. The minimum absolute atomic E-state index is 0.382. The van der Waals surface area contributed by atoms with Crippen molar-refractivity contribution >= 4 is 11.9 Å². The lowest BCUT2D eigenvalue weighted by atomic mass is 10.1. The summed E-state index contributed by atoms with van der Waals surface area (Å²) in [5.41, 5.74) is 4.89. The van der Waals surface area contributed by atoms with Crippen LogP contribution in [0.4, 0.5) is 0 Å². The molecular formula is C30H42O6. The molecular weight excluding hydrogens is 456 g/mol. The third-order valence-electron chi connectivity index (χ3n) is 6.49. The van der Waals surface area contributed by atoms with Gasteiger partial charge in [0.25, 0.3) is 0 Å². The molecule has 36 heavy (non-hydrogen) atoms. The Morgan fingerprint density at radius 1 is 0.611 bits per heavy atom. The van der Waals surface area contributed by atoms with Crippen LogP contribution in [0, 0.1) is 27.7 Å². The van der Waals surface area contributed by atoms with Crippen molar-refractivity contribution in [2.45, 2.75) is 105 Å². The maximum Gasteiger partial charge on any atom is 0.373 e. The Labute approximate surface area is 216 Å². The van der Waals surface area contributed by atoms with Crippen LogP contribution in [-0.4, -0.2) is 18.2 Å². The SMILES string of the molecule is CCCCCCCCCCCC(OOC(=O)c1ccc(C)c(C)c1)OOC(=O)c1ccc(C)c(C)c1. The van der Waals surface area contributed by atoms with Crippen molar-refractivity contribution in [1.29, 1.82) is 0 Å². The Balaban J connectivity index is 1.86. The highest BCUT2D eigenvalue weighted by molar-refractivity contribution is 5.89. The van der Waals surface area contributed by atoms with Gasteiger partial charge in [0, 0.05) is 6.42 Å². The first-order valence-electron chi connectivity index (χ1n) is 13.2. The van der Waals surface area contributed by atoms with Crippen LogP contribution < -0.4 is 0 Å². The van der Waals surface area contributed by atoms with Gasteiger partial charge in [0.05, 0.1) is 11.1 Å². The molecule has 2 rings (SSSR count). The number of hydrogen-bond donors (Lipinski definition) is 0. The summed E-state index contributed by atoms with van der Waals surface area (Å²) in [5.74, 6) is -1.25. The third kappa shape index (κ3) is 10.5. The molecule has 0 amide bonds. The Morgan fingerprint density at radius 2 is 1.03 bits per heavy atom. The van der Waals surface area contributed by atoms with Crippen molar-refractivity contribution in [2.75, 3.05) is 0 Å². The Bertz CT molecular complexity index is 900. The second kappa shape index (κ2) is 16.1. The number of carbonyl (C=O) groups excluding carboxylic acids is 2. The molecule has 0 aliphatic heterocycles. The predicted octanol–water partition coefficient (Wildman–Crippen LogP) is 8.04. The molecule has 6 nitrogen and oxygen atoms in total. The summed E-state index contributed by atoms with van der Waals surface area (Å²) in [7, 11) is 0. The first-order chi connectivity index (χ1) is 17.3. The minimum atomic E-state index is -1.01. The molecule has 0 heterocycles. The molecule has 0 saturated carbocycles. The van der Waals surface area contributed by atoms with Gasteiger partial charge >= 0.3 is 11.9 Å². The van der Waals surface area contributed by atoms with Gasteiger partial charge in [-0.05, 0) is 80.6 Å². The number of carbonyl (C=O) groups is 2. The van der Waals surface area contributed by atoms with Gasteiger partial charge in [-0.15, -0.1) is 9.78 Å². The lowest BCUT2D eigenvalue weighted by Gasteiger charge is -2.15. The van der Waals surface area contributed by atoms with E-state index >= 15 is 0 Å². The minimum Gasteiger partial charge on any atom is -0.290 e. The second-order valence-electron chi connectivity index (χ2n) is 9.58. The lowest BCUT2D eigenvalue weighted by Crippen LogP contribution is -2.22. The number of hydrogen-bond acceptors (Lipinski definition) is 6. The van der Waals surface area contributed by atoms with E-state index < -0.39 is 18.2 Å². The largest absolute Gasteiger partial charge is 0.373 e. The maximum atomic E-state index is 12.5. The molecule has 2 aromatic carbocycles. The van der Waals surface area contributed by atoms with Crippen molar-refractivity contribution in [1.82, 2.24) is 0 Å². The monoisotopic (exact) mass is 498 g/mol. The number of aryl methyl sites for hydroxylation is 4. The fourth-order valence-corrected chi connectivity index (χ4v) is 3.76. The third-order valence-corrected chi connectivity index (χ3v) is 6.49. The fourth-order valence-electron chi connectivity index (χ4n) is 3.76. The van der Waals surface area contributed by atoms with Crippen LogP contribution in [-0.2, 0) is 19.6 Å². The molecule has 0 atom stereocenters. The van der Waals surface area contributed by atoms with Gasteiger partial charge in [-0.1, -0.05) is 70.4 Å². The molecule has 0 bridgehead atoms. The van der Waals surface area contributed by atoms with E-state index in [1.807, 2.05) is 39.8 Å². The molecule has 198 valence electrons. The van der Waals surface area contributed by atoms with Crippen molar-refractivity contribution in [3.05, 3.63) is 69.8 Å². The molecule has 0 N–H and O–H groups in total. The van der Waals surface area contributed by atoms with Gasteiger partial charge < -0.3 is 0 Å². The molecule has 0 aliphatic rings. The summed E-state index contributed by atoms with van der Waals surface area (Å²) in [4.78, 5) is 45.5. The van der Waals surface area contributed by atoms with E-state index in [4.69, 9.17) is 19.6 Å². The Kier molecular flexibility index (Phi) is 13.2. The molecule has 0 radical (unpaired) electrons. The van der Waals surface area contributed by atoms with Gasteiger partial charge in [-0.25, -0.2) is 9.59 Å². The van der Waals surface area contributed by atoms with E-state index in [9.17, 15) is 9.59 Å². The Hall–Kier alpha value is -2.70. The van der Waals surface area contributed by atoms with Crippen LogP contribution in [0.1, 0.15) is 114 Å². The molecule has 6 heteroatoms. The van der Waals surface area contributed by atoms with E-state index in [0.29, 0.717) is 17.5 Å². The van der Waals surface area contributed by atoms with E-state index in [0.717, 1.165) is 41.5 Å². The van der Waals surface area contributed by atoms with Crippen LogP contribution in [0.25, 0.3) is 0 Å². The summed E-state index contributed by atoms with van der Waals surface area (Å²) < 4.78 is 0. The summed E-state index contributed by atoms with van der Waals surface area (Å²) in [5, 5.41) is 0. The van der Waals surface area contributed by atoms with Crippen LogP contribution in [0.5, 0.6) is 0 Å². The summed E-state index contributed by atoms with van der Waals surface area (Å²) in [6, 6.07) is 10.6. The highest BCUT2D eigenvalue weighted by atomic mass is 17.3. The number of unbranched alkanes of at least 4 members (excludes halogenated alkanes) is 8. The van der Waals surface area contributed by atoms with Crippen LogP contribution in [0.3, 0.4) is 0 Å². The average molecular weight is 499 g/mol. The molecule has 0 saturated heterocycles. The molecule has 0 spiro atoms. The molecule has 2 aromatic rings. The van der Waals surface area contributed by atoms with Gasteiger partial charge in [0.1, 0.15) is 0 Å². The molecule has 0 aliphatic carbocycles. The van der Waals surface area contributed by atoms with Gasteiger partial charge in [-0.3, -0.25) is 9.78 Å². The molecule has 0 unspecified atom stereocenters. The standard InChI is InChI=1S/C30H42O6/c1-6-7-8-9-10-11-12-13-14-15-28(33-35-29(31)26-18-16-22(2)24(4)20-26)34-36-30(32)27-19-17-23(3)25(5)21-27/h16-21,28H,6-15H2,1-5H3. The van der Waals surface area contributed by atoms with Gasteiger partial charge in [0.2, 0.25) is 6.29 Å². The van der Waals surface area contributed by atoms with Crippen LogP contribution in [0.15, 0.2) is 36.4 Å². The van der Waals surface area contributed by atoms with E-state index in [2.05, 4.69) is 6.92 Å². The summed E-state index contributed by atoms with van der Waals surface area (Å²) >= 11 is 0. The van der Waals surface area contributed by atoms with E-state index in [1.54, 1.807) is 24.3 Å². The Morgan fingerprint density at radius 3 is 1.44 bits per heavy atom. The maximum absolute atomic E-state index is 12.5. The zero-order chi connectivity index (χ0) is 26.3. The fraction of sp³-hybridized carbons (Fsp3) is 0.533. The highest BCUT2D eigenvalue weighted by Crippen LogP contribution is 2.17. The quantitative estimate of drug-likeness (QED) is 0.101. The average Bonchev–Trinajstić information content (AvgIpc) is 2.87. The van der Waals surface area contributed by atoms with Crippen molar-refractivity contribution in [2.24, 2.45) is 0 Å². The van der Waals surface area contributed by atoms with Gasteiger partial charge in [-0.2, -0.15) is 0 Å². The predicted molar refractivity (Wildman–Crippen MR) is 140 cm³/mol. The first kappa shape index (κ1) is 29.5. The second-order valence-corrected chi connectivity index (χ2v) is 9.58. The zero-order valence-electron chi connectivity index (χ0n) is 22.6. The molecule has 0 aromatic heterocycles. The topological polar surface area (TPSA) is 71.1 Å². The van der Waals surface area contributed by atoms with E-state index in [-0.39, 0.29) is 0 Å². The van der Waals surface area contributed by atoms with E-state index in [1.165, 1.54) is 38.5 Å². The molecule has 0 fully saturated rings. The van der Waals surface area contributed by atoms with Crippen molar-refractivity contribution in [3.8, 4) is 0 Å². The lowest BCUT2D eigenvalue weighted by molar-refractivity contribution is -0.421. The van der Waals surface area contributed by atoms with Crippen LogP contribution >= 0.6 is 0 Å². The smallest absolute Gasteiger partial charge is 0.290 e. The van der Waals surface area contributed by atoms with Crippen LogP contribution in [0.2, 0.25) is 0 Å². The highest BCUT2D eigenvalue weighted by Gasteiger charge is 2.20. The normalized spacial score (nSPS) is 11.1. The van der Waals surface area contributed by atoms with Gasteiger partial charge in [0.15, 0.2) is 0 Å². The number of benzene rings is 2. The zero-order valence-corrected chi connectivity index (χ0v) is 22.6. The summed E-state index contributed by atoms with van der Waals surface area (Å²) in [6.45, 7) is 10.0.